The third-order valence-electron chi connectivity index (χ3n) is 2.11. The number of allylic oxidation sites excluding steroid dienone is 1. The normalized spacial score (nSPS) is 11.8. The lowest BCUT2D eigenvalue weighted by Gasteiger charge is -1.99. The van der Waals surface area contributed by atoms with Gasteiger partial charge in [-0.3, -0.25) is 4.79 Å². The quantitative estimate of drug-likeness (QED) is 0.650. The summed E-state index contributed by atoms with van der Waals surface area (Å²) in [6.45, 7) is 3.74. The Balaban J connectivity index is 2.88. The highest BCUT2D eigenvalue weighted by atomic mass is 16.1. The fourth-order valence-electron chi connectivity index (χ4n) is 1.21. The molecule has 1 rings (SSSR count). The molecule has 0 aliphatic carbocycles. The van der Waals surface area contributed by atoms with Gasteiger partial charge in [0, 0.05) is 25.4 Å². The fraction of sp³-hybridized carbons (Fsp3) is 0.364. The highest BCUT2D eigenvalue weighted by Crippen LogP contribution is 2.08. The Morgan fingerprint density at radius 3 is 2.77 bits per heavy atom. The van der Waals surface area contributed by atoms with Gasteiger partial charge in [-0.25, -0.2) is 0 Å². The molecule has 0 spiro atoms. The molecule has 0 fully saturated rings. The van der Waals surface area contributed by atoms with Crippen LogP contribution in [0.1, 0.15) is 26.0 Å². The Hall–Kier alpha value is -1.31. The maximum absolute atomic E-state index is 11.3. The molecule has 0 aliphatic heterocycles. The summed E-state index contributed by atoms with van der Waals surface area (Å²) in [5, 5.41) is 0. The van der Waals surface area contributed by atoms with Gasteiger partial charge in [0.1, 0.15) is 0 Å². The maximum atomic E-state index is 11.3. The van der Waals surface area contributed by atoms with Gasteiger partial charge >= 0.3 is 0 Å². The summed E-state index contributed by atoms with van der Waals surface area (Å²) in [7, 11) is 1.97. The van der Waals surface area contributed by atoms with Crippen LogP contribution in [0.4, 0.5) is 0 Å². The largest absolute Gasteiger partial charge is 0.351 e. The number of nitrogens with zero attached hydrogens (tertiary/aromatic N) is 1. The van der Waals surface area contributed by atoms with E-state index in [1.807, 2.05) is 49.9 Å². The van der Waals surface area contributed by atoms with Crippen molar-refractivity contribution >= 4 is 11.9 Å². The molecule has 2 heteroatoms. The monoisotopic (exact) mass is 177 g/mol. The van der Waals surface area contributed by atoms with Gasteiger partial charge in [0.2, 0.25) is 0 Å². The highest BCUT2D eigenvalue weighted by molar-refractivity contribution is 5.98. The summed E-state index contributed by atoms with van der Waals surface area (Å²) in [4.78, 5) is 11.3. The van der Waals surface area contributed by atoms with Crippen molar-refractivity contribution in [1.82, 2.24) is 4.57 Å². The lowest BCUT2D eigenvalue weighted by Crippen LogP contribution is -1.97. The van der Waals surface area contributed by atoms with Gasteiger partial charge in [-0.2, -0.15) is 0 Å². The smallest absolute Gasteiger partial charge is 0.158 e. The van der Waals surface area contributed by atoms with Gasteiger partial charge in [0.15, 0.2) is 5.78 Å². The van der Waals surface area contributed by atoms with Gasteiger partial charge < -0.3 is 4.57 Å². The Kier molecular flexibility index (Phi) is 3.07. The minimum Gasteiger partial charge on any atom is -0.351 e. The first kappa shape index (κ1) is 9.78. The second-order valence-corrected chi connectivity index (χ2v) is 3.15. The van der Waals surface area contributed by atoms with E-state index in [0.717, 1.165) is 11.3 Å². The Morgan fingerprint density at radius 2 is 2.31 bits per heavy atom. The molecule has 0 aromatic carbocycles. The van der Waals surface area contributed by atoms with Crippen LogP contribution in [-0.4, -0.2) is 10.4 Å². The summed E-state index contributed by atoms with van der Waals surface area (Å²) < 4.78 is 1.99. The van der Waals surface area contributed by atoms with Crippen LogP contribution in [0.5, 0.6) is 0 Å². The van der Waals surface area contributed by atoms with E-state index >= 15 is 0 Å². The third kappa shape index (κ3) is 2.31. The highest BCUT2D eigenvalue weighted by Gasteiger charge is 2.01. The van der Waals surface area contributed by atoms with E-state index in [4.69, 9.17) is 0 Å². The van der Waals surface area contributed by atoms with Crippen LogP contribution in [0.3, 0.4) is 0 Å². The van der Waals surface area contributed by atoms with Crippen LogP contribution in [0, 0.1) is 0 Å². The van der Waals surface area contributed by atoms with Gasteiger partial charge in [-0.15, -0.1) is 0 Å². The van der Waals surface area contributed by atoms with Crippen LogP contribution in [0.25, 0.3) is 6.08 Å². The van der Waals surface area contributed by atoms with Crippen LogP contribution in [-0.2, 0) is 11.8 Å². The Bertz CT molecular complexity index is 334. The predicted molar refractivity (Wildman–Crippen MR) is 54.4 cm³/mol. The van der Waals surface area contributed by atoms with Crippen molar-refractivity contribution in [3.63, 3.8) is 0 Å². The van der Waals surface area contributed by atoms with E-state index in [0.29, 0.717) is 6.42 Å². The molecular weight excluding hydrogens is 162 g/mol. The summed E-state index contributed by atoms with van der Waals surface area (Å²) >= 11 is 0. The molecule has 1 aromatic heterocycles. The van der Waals surface area contributed by atoms with Gasteiger partial charge in [-0.1, -0.05) is 6.92 Å². The van der Waals surface area contributed by atoms with E-state index in [2.05, 4.69) is 0 Å². The Labute approximate surface area is 78.9 Å². The van der Waals surface area contributed by atoms with Crippen LogP contribution in [0.2, 0.25) is 0 Å². The van der Waals surface area contributed by atoms with E-state index in [1.54, 1.807) is 0 Å². The van der Waals surface area contributed by atoms with E-state index in [-0.39, 0.29) is 5.78 Å². The predicted octanol–water partition coefficient (Wildman–Crippen LogP) is 2.41. The maximum Gasteiger partial charge on any atom is 0.158 e. The first-order valence-electron chi connectivity index (χ1n) is 4.48. The minimum absolute atomic E-state index is 0.209. The first-order chi connectivity index (χ1) is 6.15. The fourth-order valence-corrected chi connectivity index (χ4v) is 1.21. The lowest BCUT2D eigenvalue weighted by molar-refractivity contribution is -0.115. The second kappa shape index (κ2) is 4.08. The zero-order valence-electron chi connectivity index (χ0n) is 8.37. The lowest BCUT2D eigenvalue weighted by atomic mass is 10.1. The van der Waals surface area contributed by atoms with Gasteiger partial charge in [0.25, 0.3) is 0 Å². The number of hydrogen-bond acceptors (Lipinski definition) is 1. The number of Topliss-reactive ketones (excluding diaryl/α,β-unsaturated/α-hetero) is 1. The van der Waals surface area contributed by atoms with Crippen molar-refractivity contribution in [2.75, 3.05) is 0 Å². The first-order valence-corrected chi connectivity index (χ1v) is 4.48. The number of aromatic nitrogens is 1. The average Bonchev–Trinajstić information content (AvgIpc) is 2.50. The zero-order valence-corrected chi connectivity index (χ0v) is 8.37. The molecule has 0 bridgehead atoms. The molecule has 0 unspecified atom stereocenters. The number of hydrogen-bond donors (Lipinski definition) is 0. The van der Waals surface area contributed by atoms with Crippen molar-refractivity contribution in [3.05, 3.63) is 29.6 Å². The van der Waals surface area contributed by atoms with Crippen LogP contribution in [0.15, 0.2) is 23.9 Å². The number of carbonyl (C=O) groups excluding carboxylic acids is 1. The van der Waals surface area contributed by atoms with Crippen LogP contribution >= 0.6 is 0 Å². The molecule has 13 heavy (non-hydrogen) atoms. The molecular formula is C11H15NO. The van der Waals surface area contributed by atoms with Crippen molar-refractivity contribution in [2.24, 2.45) is 7.05 Å². The van der Waals surface area contributed by atoms with E-state index in [1.165, 1.54) is 0 Å². The molecule has 0 atom stereocenters. The van der Waals surface area contributed by atoms with E-state index < -0.39 is 0 Å². The second-order valence-electron chi connectivity index (χ2n) is 3.15. The molecule has 0 saturated heterocycles. The average molecular weight is 177 g/mol. The number of ketones is 1. The van der Waals surface area contributed by atoms with Crippen molar-refractivity contribution in [2.45, 2.75) is 20.3 Å². The summed E-state index contributed by atoms with van der Waals surface area (Å²) in [5.74, 6) is 0.209. The zero-order chi connectivity index (χ0) is 9.84. The number of carbonyl (C=O) groups is 1. The van der Waals surface area contributed by atoms with Gasteiger partial charge in [0.05, 0.1) is 0 Å². The Morgan fingerprint density at radius 1 is 1.62 bits per heavy atom. The minimum atomic E-state index is 0.209. The molecule has 0 radical (unpaired) electrons. The summed E-state index contributed by atoms with van der Waals surface area (Å²) in [5.41, 5.74) is 1.89. The van der Waals surface area contributed by atoms with E-state index in [9.17, 15) is 4.79 Å². The molecule has 70 valence electrons. The number of rotatable bonds is 3. The third-order valence-corrected chi connectivity index (χ3v) is 2.11. The van der Waals surface area contributed by atoms with Crippen molar-refractivity contribution in [1.29, 1.82) is 0 Å². The molecule has 1 aromatic rings. The molecule has 0 amide bonds. The SMILES string of the molecule is CCC(=O)/C(C)=C/c1cccn1C. The summed E-state index contributed by atoms with van der Waals surface area (Å²) in [6.07, 6.45) is 4.47. The topological polar surface area (TPSA) is 22.0 Å². The molecule has 0 N–H and O–H groups in total. The molecule has 0 aliphatic rings. The van der Waals surface area contributed by atoms with Crippen molar-refractivity contribution < 1.29 is 4.79 Å². The van der Waals surface area contributed by atoms with Gasteiger partial charge in [-0.05, 0) is 30.7 Å². The molecule has 0 saturated carbocycles. The van der Waals surface area contributed by atoms with Crippen molar-refractivity contribution in [3.8, 4) is 0 Å². The molecule has 1 heterocycles. The molecule has 2 nitrogen and oxygen atoms in total. The van der Waals surface area contributed by atoms with Crippen LogP contribution < -0.4 is 0 Å². The summed E-state index contributed by atoms with van der Waals surface area (Å²) in [6, 6.07) is 3.96. The standard InChI is InChI=1S/C11H15NO/c1-4-11(13)9(2)8-10-6-5-7-12(10)3/h5-8H,4H2,1-3H3/b9-8+. The number of aryl methyl sites for hydroxylation is 1.